The van der Waals surface area contributed by atoms with E-state index in [0.29, 0.717) is 12.6 Å². The summed E-state index contributed by atoms with van der Waals surface area (Å²) in [5, 5.41) is 8.66. The molecule has 1 heterocycles. The fraction of sp³-hybridized carbons (Fsp3) is 1.00. The number of hydrogen-bond acceptors (Lipinski definition) is 3. The van der Waals surface area contributed by atoms with Gasteiger partial charge in [0.1, 0.15) is 0 Å². The van der Waals surface area contributed by atoms with Gasteiger partial charge in [0.05, 0.1) is 0 Å². The molecule has 0 saturated carbocycles. The predicted octanol–water partition coefficient (Wildman–Crippen LogP) is 0.480. The minimum Gasteiger partial charge on any atom is -0.396 e. The minimum atomic E-state index is 0.299. The van der Waals surface area contributed by atoms with Gasteiger partial charge in [-0.1, -0.05) is 0 Å². The van der Waals surface area contributed by atoms with Crippen molar-refractivity contribution < 1.29 is 9.84 Å². The van der Waals surface area contributed by atoms with E-state index in [1.165, 1.54) is 0 Å². The van der Waals surface area contributed by atoms with Crippen LogP contribution in [0.25, 0.3) is 0 Å². The topological polar surface area (TPSA) is 32.7 Å². The first-order valence-corrected chi connectivity index (χ1v) is 4.73. The van der Waals surface area contributed by atoms with Gasteiger partial charge in [0, 0.05) is 32.4 Å². The largest absolute Gasteiger partial charge is 0.396 e. The zero-order valence-electron chi connectivity index (χ0n) is 7.83. The summed E-state index contributed by atoms with van der Waals surface area (Å²) < 4.78 is 5.28. The molecule has 12 heavy (non-hydrogen) atoms. The van der Waals surface area contributed by atoms with Crippen molar-refractivity contribution in [2.75, 3.05) is 33.4 Å². The van der Waals surface area contributed by atoms with Crippen LogP contribution < -0.4 is 0 Å². The molecule has 0 amide bonds. The van der Waals surface area contributed by atoms with Gasteiger partial charge in [-0.3, -0.25) is 0 Å². The Bertz CT molecular complexity index is 113. The molecular weight excluding hydrogens is 154 g/mol. The first-order valence-electron chi connectivity index (χ1n) is 4.73. The van der Waals surface area contributed by atoms with Gasteiger partial charge < -0.3 is 14.7 Å². The highest BCUT2D eigenvalue weighted by Crippen LogP contribution is 2.12. The van der Waals surface area contributed by atoms with Gasteiger partial charge in [-0.2, -0.15) is 0 Å². The molecule has 3 heteroatoms. The normalized spacial score (nSPS) is 20.2. The Hall–Kier alpha value is -0.120. The summed E-state index contributed by atoms with van der Waals surface area (Å²) in [5.74, 6) is 0. The van der Waals surface area contributed by atoms with E-state index in [9.17, 15) is 0 Å². The molecule has 0 unspecified atom stereocenters. The molecule has 3 nitrogen and oxygen atoms in total. The molecule has 0 atom stereocenters. The average molecular weight is 173 g/mol. The van der Waals surface area contributed by atoms with Crippen LogP contribution in [0.1, 0.15) is 19.3 Å². The van der Waals surface area contributed by atoms with Crippen LogP contribution in [0.3, 0.4) is 0 Å². The van der Waals surface area contributed by atoms with E-state index in [1.807, 2.05) is 0 Å². The zero-order chi connectivity index (χ0) is 8.81. The minimum absolute atomic E-state index is 0.299. The fourth-order valence-electron chi connectivity index (χ4n) is 1.63. The Kier molecular flexibility index (Phi) is 4.58. The van der Waals surface area contributed by atoms with Crippen LogP contribution in [0, 0.1) is 0 Å². The highest BCUT2D eigenvalue weighted by Gasteiger charge is 2.17. The van der Waals surface area contributed by atoms with Crippen LogP contribution >= 0.6 is 0 Å². The van der Waals surface area contributed by atoms with Crippen molar-refractivity contribution in [3.8, 4) is 0 Å². The van der Waals surface area contributed by atoms with Gasteiger partial charge in [-0.05, 0) is 26.3 Å². The summed E-state index contributed by atoms with van der Waals surface area (Å²) in [6.07, 6.45) is 3.16. The summed E-state index contributed by atoms with van der Waals surface area (Å²) in [7, 11) is 2.13. The second-order valence-corrected chi connectivity index (χ2v) is 3.40. The second-order valence-electron chi connectivity index (χ2n) is 3.40. The first kappa shape index (κ1) is 9.96. The van der Waals surface area contributed by atoms with Crippen LogP contribution in [0.2, 0.25) is 0 Å². The first-order chi connectivity index (χ1) is 5.84. The third kappa shape index (κ3) is 3.09. The summed E-state index contributed by atoms with van der Waals surface area (Å²) in [5.41, 5.74) is 0. The lowest BCUT2D eigenvalue weighted by Crippen LogP contribution is -2.37. The molecule has 1 N–H and O–H groups in total. The lowest BCUT2D eigenvalue weighted by Gasteiger charge is -2.30. The van der Waals surface area contributed by atoms with Crippen LogP contribution in [0.15, 0.2) is 0 Å². The van der Waals surface area contributed by atoms with Crippen molar-refractivity contribution in [3.63, 3.8) is 0 Å². The highest BCUT2D eigenvalue weighted by molar-refractivity contribution is 4.71. The quantitative estimate of drug-likeness (QED) is 0.671. The molecule has 1 aliphatic heterocycles. The van der Waals surface area contributed by atoms with E-state index in [2.05, 4.69) is 11.9 Å². The molecule has 72 valence electrons. The van der Waals surface area contributed by atoms with Crippen molar-refractivity contribution >= 4 is 0 Å². The van der Waals surface area contributed by atoms with Gasteiger partial charge in [-0.15, -0.1) is 0 Å². The maximum Gasteiger partial charge on any atom is 0.0480 e. The monoisotopic (exact) mass is 173 g/mol. The predicted molar refractivity (Wildman–Crippen MR) is 48.2 cm³/mol. The molecule has 0 radical (unpaired) electrons. The van der Waals surface area contributed by atoms with Gasteiger partial charge >= 0.3 is 0 Å². The second kappa shape index (κ2) is 5.51. The van der Waals surface area contributed by atoms with E-state index in [0.717, 1.165) is 39.0 Å². The van der Waals surface area contributed by atoms with Gasteiger partial charge in [0.15, 0.2) is 0 Å². The molecule has 1 rings (SSSR count). The van der Waals surface area contributed by atoms with E-state index in [-0.39, 0.29) is 0 Å². The molecular formula is C9H19NO2. The molecule has 0 aromatic rings. The summed E-state index contributed by atoms with van der Waals surface area (Å²) in [4.78, 5) is 2.33. The highest BCUT2D eigenvalue weighted by atomic mass is 16.5. The Morgan fingerprint density at radius 3 is 2.67 bits per heavy atom. The van der Waals surface area contributed by atoms with Crippen molar-refractivity contribution in [1.82, 2.24) is 4.90 Å². The van der Waals surface area contributed by atoms with E-state index in [4.69, 9.17) is 9.84 Å². The summed E-state index contributed by atoms with van der Waals surface area (Å²) >= 11 is 0. The number of nitrogens with zero attached hydrogens (tertiary/aromatic N) is 1. The number of aliphatic hydroxyl groups excluding tert-OH is 1. The molecule has 1 fully saturated rings. The zero-order valence-corrected chi connectivity index (χ0v) is 7.83. The third-order valence-electron chi connectivity index (χ3n) is 2.48. The van der Waals surface area contributed by atoms with E-state index >= 15 is 0 Å². The Morgan fingerprint density at radius 1 is 1.42 bits per heavy atom. The molecule has 0 aliphatic carbocycles. The van der Waals surface area contributed by atoms with Crippen molar-refractivity contribution in [2.45, 2.75) is 25.3 Å². The van der Waals surface area contributed by atoms with Crippen LogP contribution in [-0.2, 0) is 4.74 Å². The molecule has 1 aliphatic rings. The number of ether oxygens (including phenoxy) is 1. The smallest absolute Gasteiger partial charge is 0.0480 e. The van der Waals surface area contributed by atoms with E-state index < -0.39 is 0 Å². The van der Waals surface area contributed by atoms with E-state index in [1.54, 1.807) is 0 Å². The van der Waals surface area contributed by atoms with Gasteiger partial charge in [0.25, 0.3) is 0 Å². The third-order valence-corrected chi connectivity index (χ3v) is 2.48. The maximum absolute atomic E-state index is 8.66. The van der Waals surface area contributed by atoms with Crippen LogP contribution in [0.4, 0.5) is 0 Å². The fourth-order valence-corrected chi connectivity index (χ4v) is 1.63. The molecule has 1 saturated heterocycles. The van der Waals surface area contributed by atoms with Gasteiger partial charge in [-0.25, -0.2) is 0 Å². The Labute approximate surface area is 74.3 Å². The van der Waals surface area contributed by atoms with Crippen LogP contribution in [0.5, 0.6) is 0 Å². The SMILES string of the molecule is CN(CCCO)C1CCOCC1. The lowest BCUT2D eigenvalue weighted by molar-refractivity contribution is 0.0414. The summed E-state index contributed by atoms with van der Waals surface area (Å²) in [6, 6.07) is 0.672. The van der Waals surface area contributed by atoms with Gasteiger partial charge in [0.2, 0.25) is 0 Å². The standard InChI is InChI=1S/C9H19NO2/c1-10(5-2-6-11)9-3-7-12-8-4-9/h9,11H,2-8H2,1H3. The van der Waals surface area contributed by atoms with Crippen molar-refractivity contribution in [3.05, 3.63) is 0 Å². The lowest BCUT2D eigenvalue weighted by atomic mass is 10.1. The molecule has 0 bridgehead atoms. The average Bonchev–Trinajstić information content (AvgIpc) is 2.15. The van der Waals surface area contributed by atoms with Crippen molar-refractivity contribution in [1.29, 1.82) is 0 Å². The van der Waals surface area contributed by atoms with Crippen LogP contribution in [-0.4, -0.2) is 49.5 Å². The number of aliphatic hydroxyl groups is 1. The Balaban J connectivity index is 2.15. The Morgan fingerprint density at radius 2 is 2.08 bits per heavy atom. The summed E-state index contributed by atoms with van der Waals surface area (Å²) in [6.45, 7) is 3.09. The molecule has 0 spiro atoms. The maximum atomic E-state index is 8.66. The molecule has 0 aromatic heterocycles. The number of hydrogen-bond donors (Lipinski definition) is 1. The molecule has 0 aromatic carbocycles. The van der Waals surface area contributed by atoms with Crippen molar-refractivity contribution in [2.24, 2.45) is 0 Å². The number of rotatable bonds is 4.